The van der Waals surface area contributed by atoms with E-state index in [-0.39, 0.29) is 18.7 Å². The summed E-state index contributed by atoms with van der Waals surface area (Å²) >= 11 is 0. The molecule has 0 aliphatic carbocycles. The predicted molar refractivity (Wildman–Crippen MR) is 104 cm³/mol. The number of rotatable bonds is 9. The van der Waals surface area contributed by atoms with Crippen molar-refractivity contribution in [3.8, 4) is 0 Å². The van der Waals surface area contributed by atoms with Gasteiger partial charge in [-0.15, -0.1) is 0 Å². The molecule has 0 spiro atoms. The second kappa shape index (κ2) is 10.2. The molecule has 1 heterocycles. The summed E-state index contributed by atoms with van der Waals surface area (Å²) in [5.41, 5.74) is 5.89. The first-order chi connectivity index (χ1) is 12.8. The van der Waals surface area contributed by atoms with Gasteiger partial charge in [0, 0.05) is 25.0 Å². The molecule has 1 aromatic carbocycles. The van der Waals surface area contributed by atoms with Gasteiger partial charge < -0.3 is 20.5 Å². The third-order valence-electron chi connectivity index (χ3n) is 5.09. The van der Waals surface area contributed by atoms with Gasteiger partial charge in [-0.05, 0) is 45.1 Å². The fraction of sp³-hybridized carbons (Fsp3) is 0.667. The molecule has 152 valence electrons. The number of carbonyl (C=O) groups excluding carboxylic acids is 1. The van der Waals surface area contributed by atoms with Crippen molar-refractivity contribution < 1.29 is 19.0 Å². The van der Waals surface area contributed by atoms with Crippen LogP contribution in [0.1, 0.15) is 38.7 Å². The van der Waals surface area contributed by atoms with E-state index in [4.69, 9.17) is 10.5 Å². The predicted octanol–water partition coefficient (Wildman–Crippen LogP) is 2.31. The number of aliphatic hydroxyl groups is 1. The van der Waals surface area contributed by atoms with Gasteiger partial charge in [-0.2, -0.15) is 0 Å². The van der Waals surface area contributed by atoms with Crippen molar-refractivity contribution >= 4 is 5.91 Å². The van der Waals surface area contributed by atoms with Crippen LogP contribution in [0.4, 0.5) is 4.39 Å². The number of amides is 1. The van der Waals surface area contributed by atoms with E-state index in [1.165, 1.54) is 13.8 Å². The maximum Gasteiger partial charge on any atom is 0.225 e. The highest BCUT2D eigenvalue weighted by molar-refractivity contribution is 5.79. The van der Waals surface area contributed by atoms with Crippen LogP contribution in [0.3, 0.4) is 0 Å². The number of ether oxygens (including phenoxy) is 1. The van der Waals surface area contributed by atoms with Gasteiger partial charge in [0.15, 0.2) is 0 Å². The van der Waals surface area contributed by atoms with E-state index < -0.39 is 23.7 Å². The molecular weight excluding hydrogens is 347 g/mol. The molecule has 1 saturated heterocycles. The zero-order valence-corrected chi connectivity index (χ0v) is 16.4. The molecule has 0 radical (unpaired) electrons. The van der Waals surface area contributed by atoms with Crippen molar-refractivity contribution in [2.75, 3.05) is 26.3 Å². The molecule has 0 unspecified atom stereocenters. The Labute approximate surface area is 161 Å². The van der Waals surface area contributed by atoms with Crippen molar-refractivity contribution in [3.05, 3.63) is 35.9 Å². The lowest BCUT2D eigenvalue weighted by Gasteiger charge is -2.32. The first-order valence-electron chi connectivity index (χ1n) is 9.79. The number of benzene rings is 1. The van der Waals surface area contributed by atoms with Crippen LogP contribution >= 0.6 is 0 Å². The average Bonchev–Trinajstić information content (AvgIpc) is 2.65. The third-order valence-corrected chi connectivity index (χ3v) is 5.09. The molecule has 1 fully saturated rings. The van der Waals surface area contributed by atoms with Crippen molar-refractivity contribution in [3.63, 3.8) is 0 Å². The second-order valence-electron chi connectivity index (χ2n) is 8.05. The molecule has 3 N–H and O–H groups in total. The molecule has 1 aromatic rings. The van der Waals surface area contributed by atoms with E-state index in [1.807, 2.05) is 30.3 Å². The Morgan fingerprint density at radius 3 is 2.52 bits per heavy atom. The van der Waals surface area contributed by atoms with Gasteiger partial charge in [-0.3, -0.25) is 4.79 Å². The number of nitrogens with two attached hydrogens (primary N) is 1. The average molecular weight is 381 g/mol. The number of alkyl halides is 1. The van der Waals surface area contributed by atoms with E-state index in [0.717, 1.165) is 5.56 Å². The molecule has 1 aliphatic rings. The lowest BCUT2D eigenvalue weighted by atomic mass is 9.87. The van der Waals surface area contributed by atoms with Crippen molar-refractivity contribution in [1.82, 2.24) is 4.90 Å². The largest absolute Gasteiger partial charge is 0.391 e. The van der Waals surface area contributed by atoms with Gasteiger partial charge in [0.25, 0.3) is 0 Å². The van der Waals surface area contributed by atoms with Crippen LogP contribution in [0.2, 0.25) is 0 Å². The first-order valence-corrected chi connectivity index (χ1v) is 9.79. The Hall–Kier alpha value is -1.50. The number of halogens is 1. The Morgan fingerprint density at radius 2 is 1.93 bits per heavy atom. The third kappa shape index (κ3) is 7.56. The quantitative estimate of drug-likeness (QED) is 0.689. The molecule has 1 aliphatic heterocycles. The van der Waals surface area contributed by atoms with E-state index in [2.05, 4.69) is 0 Å². The monoisotopic (exact) mass is 380 g/mol. The van der Waals surface area contributed by atoms with Gasteiger partial charge in [0.2, 0.25) is 5.91 Å². The first kappa shape index (κ1) is 21.8. The summed E-state index contributed by atoms with van der Waals surface area (Å²) in [5, 5.41) is 10.6. The zero-order chi connectivity index (χ0) is 19.9. The molecule has 5 nitrogen and oxygen atoms in total. The summed E-state index contributed by atoms with van der Waals surface area (Å²) in [6.07, 6.45) is 0.640. The molecule has 0 saturated carbocycles. The van der Waals surface area contributed by atoms with Crippen molar-refractivity contribution in [2.45, 2.75) is 57.3 Å². The lowest BCUT2D eigenvalue weighted by Crippen LogP contribution is -2.46. The summed E-state index contributed by atoms with van der Waals surface area (Å²) in [6.45, 7) is 5.15. The highest BCUT2D eigenvalue weighted by Crippen LogP contribution is 2.25. The van der Waals surface area contributed by atoms with Crippen LogP contribution in [-0.2, 0) is 16.0 Å². The molecule has 1 amide bonds. The number of carbonyl (C=O) groups is 1. The van der Waals surface area contributed by atoms with Gasteiger partial charge in [-0.25, -0.2) is 4.39 Å². The summed E-state index contributed by atoms with van der Waals surface area (Å²) in [4.78, 5) is 14.7. The lowest BCUT2D eigenvalue weighted by molar-refractivity contribution is -0.141. The maximum atomic E-state index is 14.0. The van der Waals surface area contributed by atoms with E-state index in [9.17, 15) is 14.3 Å². The summed E-state index contributed by atoms with van der Waals surface area (Å²) in [6, 6.07) is 9.26. The maximum absolute atomic E-state index is 14.0. The molecule has 2 rings (SSSR count). The Balaban J connectivity index is 1.99. The molecule has 0 aromatic heterocycles. The van der Waals surface area contributed by atoms with Crippen molar-refractivity contribution in [1.29, 1.82) is 0 Å². The smallest absolute Gasteiger partial charge is 0.225 e. The normalized spacial score (nSPS) is 18.8. The Kier molecular flexibility index (Phi) is 8.20. The van der Waals surface area contributed by atoms with Crippen LogP contribution in [0, 0.1) is 5.92 Å². The standard InChI is InChI=1S/C21H33FN2O3/c1-21(2,22)9-8-17(20(26)24-10-12-27-13-11-24)15-19(25)18(23)14-16-6-4-3-5-7-16/h3-7,17-19,25H,8-15,23H2,1-2H3/t17-,18+,19+/m1/s1. The fourth-order valence-electron chi connectivity index (χ4n) is 3.39. The molecule has 0 bridgehead atoms. The topological polar surface area (TPSA) is 75.8 Å². The van der Waals surface area contributed by atoms with Gasteiger partial charge >= 0.3 is 0 Å². The number of nitrogens with zero attached hydrogens (tertiary/aromatic N) is 1. The van der Waals surface area contributed by atoms with Crippen molar-refractivity contribution in [2.24, 2.45) is 11.7 Å². The number of aliphatic hydroxyl groups excluding tert-OH is 1. The summed E-state index contributed by atoms with van der Waals surface area (Å²) < 4.78 is 19.3. The van der Waals surface area contributed by atoms with Crippen LogP contribution in [-0.4, -0.2) is 60.0 Å². The SMILES string of the molecule is CC(C)(F)CC[C@H](C[C@H](O)[C@@H](N)Cc1ccccc1)C(=O)N1CCOCC1. The highest BCUT2D eigenvalue weighted by atomic mass is 19.1. The van der Waals surface area contributed by atoms with E-state index in [1.54, 1.807) is 4.90 Å². The molecule has 27 heavy (non-hydrogen) atoms. The molecular formula is C21H33FN2O3. The number of hydrogen-bond acceptors (Lipinski definition) is 4. The van der Waals surface area contributed by atoms with E-state index >= 15 is 0 Å². The van der Waals surface area contributed by atoms with Gasteiger partial charge in [0.1, 0.15) is 5.67 Å². The minimum absolute atomic E-state index is 0.0338. The van der Waals surface area contributed by atoms with Gasteiger partial charge in [-0.1, -0.05) is 30.3 Å². The Bertz CT molecular complexity index is 571. The van der Waals surface area contributed by atoms with Crippen LogP contribution < -0.4 is 5.73 Å². The second-order valence-corrected chi connectivity index (χ2v) is 8.05. The summed E-state index contributed by atoms with van der Waals surface area (Å²) in [5.74, 6) is -0.469. The van der Waals surface area contributed by atoms with E-state index in [0.29, 0.717) is 39.1 Å². The summed E-state index contributed by atoms with van der Waals surface area (Å²) in [7, 11) is 0. The van der Waals surface area contributed by atoms with Crippen LogP contribution in [0.5, 0.6) is 0 Å². The van der Waals surface area contributed by atoms with Crippen LogP contribution in [0.15, 0.2) is 30.3 Å². The number of morpholine rings is 1. The molecule has 3 atom stereocenters. The zero-order valence-electron chi connectivity index (χ0n) is 16.4. The fourth-order valence-corrected chi connectivity index (χ4v) is 3.39. The van der Waals surface area contributed by atoms with Crippen LogP contribution in [0.25, 0.3) is 0 Å². The van der Waals surface area contributed by atoms with Gasteiger partial charge in [0.05, 0.1) is 19.3 Å². The molecule has 6 heteroatoms. The number of hydrogen-bond donors (Lipinski definition) is 2. The Morgan fingerprint density at radius 1 is 1.30 bits per heavy atom. The minimum atomic E-state index is -1.35. The highest BCUT2D eigenvalue weighted by Gasteiger charge is 2.31. The minimum Gasteiger partial charge on any atom is -0.391 e.